The smallest absolute Gasteiger partial charge is 0.209 e. The number of benzene rings is 1. The maximum Gasteiger partial charge on any atom is 0.209 e. The van der Waals surface area contributed by atoms with E-state index in [0.717, 1.165) is 18.9 Å². The maximum absolute atomic E-state index is 12.9. The lowest BCUT2D eigenvalue weighted by Crippen LogP contribution is -2.17. The van der Waals surface area contributed by atoms with Crippen LogP contribution in [0.15, 0.2) is 18.2 Å². The van der Waals surface area contributed by atoms with Crippen LogP contribution in [0.4, 0.5) is 8.78 Å². The number of amides is 1. The van der Waals surface area contributed by atoms with Gasteiger partial charge in [0.25, 0.3) is 0 Å². The van der Waals surface area contributed by atoms with Gasteiger partial charge in [0.05, 0.1) is 0 Å². The van der Waals surface area contributed by atoms with Crippen LogP contribution in [0.25, 0.3) is 0 Å². The Morgan fingerprint density at radius 1 is 1.27 bits per heavy atom. The molecule has 1 aromatic rings. The number of carbonyl (C=O) groups excluding carboxylic acids is 1. The van der Waals surface area contributed by atoms with Gasteiger partial charge in [0.1, 0.15) is 11.6 Å². The van der Waals surface area contributed by atoms with E-state index in [2.05, 4.69) is 0 Å². The quantitative estimate of drug-likeness (QED) is 0.684. The van der Waals surface area contributed by atoms with E-state index in [4.69, 9.17) is 0 Å². The number of nitrogens with zero attached hydrogens (tertiary/aromatic N) is 1. The summed E-state index contributed by atoms with van der Waals surface area (Å²) in [5.41, 5.74) is 0.636. The van der Waals surface area contributed by atoms with Gasteiger partial charge in [0.15, 0.2) is 0 Å². The molecule has 0 aliphatic carbocycles. The SMILES string of the molecule is O=CN1CCC(c2cc(F)cc(F)c2)C1. The third kappa shape index (κ3) is 2.14. The van der Waals surface area contributed by atoms with E-state index < -0.39 is 11.6 Å². The third-order valence-electron chi connectivity index (χ3n) is 2.73. The molecular formula is C11H11F2NO. The summed E-state index contributed by atoms with van der Waals surface area (Å²) in [6, 6.07) is 3.53. The molecule has 0 saturated carbocycles. The van der Waals surface area contributed by atoms with Crippen LogP contribution >= 0.6 is 0 Å². The van der Waals surface area contributed by atoms with Gasteiger partial charge in [-0.05, 0) is 24.1 Å². The first kappa shape index (κ1) is 10.1. The van der Waals surface area contributed by atoms with Crippen molar-refractivity contribution in [1.29, 1.82) is 0 Å². The summed E-state index contributed by atoms with van der Waals surface area (Å²) >= 11 is 0. The molecule has 1 fully saturated rings. The van der Waals surface area contributed by atoms with E-state index in [-0.39, 0.29) is 5.92 Å². The van der Waals surface area contributed by atoms with Gasteiger partial charge in [-0.1, -0.05) is 0 Å². The number of hydrogen-bond acceptors (Lipinski definition) is 1. The minimum atomic E-state index is -0.561. The van der Waals surface area contributed by atoms with Crippen LogP contribution in [0.2, 0.25) is 0 Å². The molecule has 80 valence electrons. The first-order valence-corrected chi connectivity index (χ1v) is 4.84. The molecule has 0 aromatic heterocycles. The van der Waals surface area contributed by atoms with Crippen molar-refractivity contribution in [2.45, 2.75) is 12.3 Å². The van der Waals surface area contributed by atoms with Gasteiger partial charge < -0.3 is 4.90 Å². The van der Waals surface area contributed by atoms with Crippen LogP contribution in [-0.4, -0.2) is 24.4 Å². The second-order valence-corrected chi connectivity index (χ2v) is 3.79. The molecule has 0 bridgehead atoms. The van der Waals surface area contributed by atoms with Crippen molar-refractivity contribution in [3.05, 3.63) is 35.4 Å². The zero-order valence-electron chi connectivity index (χ0n) is 8.12. The minimum Gasteiger partial charge on any atom is -0.345 e. The monoisotopic (exact) mass is 211 g/mol. The Morgan fingerprint density at radius 3 is 2.47 bits per heavy atom. The van der Waals surface area contributed by atoms with Crippen LogP contribution in [0, 0.1) is 11.6 Å². The fourth-order valence-corrected chi connectivity index (χ4v) is 1.97. The van der Waals surface area contributed by atoms with Crippen LogP contribution in [-0.2, 0) is 4.79 Å². The van der Waals surface area contributed by atoms with E-state index >= 15 is 0 Å². The Kier molecular flexibility index (Phi) is 2.66. The van der Waals surface area contributed by atoms with Gasteiger partial charge in [0, 0.05) is 25.1 Å². The molecule has 4 heteroatoms. The molecule has 0 spiro atoms. The van der Waals surface area contributed by atoms with Crippen molar-refractivity contribution in [1.82, 2.24) is 4.90 Å². The Bertz CT molecular complexity index is 361. The topological polar surface area (TPSA) is 20.3 Å². The highest BCUT2D eigenvalue weighted by Gasteiger charge is 2.23. The van der Waals surface area contributed by atoms with Crippen molar-refractivity contribution < 1.29 is 13.6 Å². The predicted octanol–water partition coefficient (Wildman–Crippen LogP) is 1.91. The summed E-state index contributed by atoms with van der Waals surface area (Å²) in [5, 5.41) is 0. The molecule has 15 heavy (non-hydrogen) atoms. The van der Waals surface area contributed by atoms with E-state index in [0.29, 0.717) is 18.7 Å². The number of hydrogen-bond donors (Lipinski definition) is 0. The van der Waals surface area contributed by atoms with Crippen LogP contribution in [0.3, 0.4) is 0 Å². The molecule has 1 atom stereocenters. The normalized spacial score (nSPS) is 20.7. The second kappa shape index (κ2) is 3.96. The summed E-state index contributed by atoms with van der Waals surface area (Å²) in [6.45, 7) is 1.21. The molecule has 2 nitrogen and oxygen atoms in total. The molecule has 1 saturated heterocycles. The first-order valence-electron chi connectivity index (χ1n) is 4.84. The summed E-state index contributed by atoms with van der Waals surface area (Å²) in [6.07, 6.45) is 1.54. The minimum absolute atomic E-state index is 0.0559. The highest BCUT2D eigenvalue weighted by Crippen LogP contribution is 2.27. The number of carbonyl (C=O) groups is 1. The Morgan fingerprint density at radius 2 is 1.93 bits per heavy atom. The lowest BCUT2D eigenvalue weighted by atomic mass is 9.98. The molecule has 2 rings (SSSR count). The Hall–Kier alpha value is -1.45. The molecular weight excluding hydrogens is 200 g/mol. The Labute approximate surface area is 86.5 Å². The van der Waals surface area contributed by atoms with Gasteiger partial charge in [-0.2, -0.15) is 0 Å². The molecule has 1 unspecified atom stereocenters. The number of halogens is 2. The van der Waals surface area contributed by atoms with E-state index in [1.165, 1.54) is 12.1 Å². The van der Waals surface area contributed by atoms with Crippen molar-refractivity contribution in [3.63, 3.8) is 0 Å². The number of rotatable bonds is 2. The molecule has 1 aliphatic rings. The maximum atomic E-state index is 12.9. The van der Waals surface area contributed by atoms with E-state index in [1.54, 1.807) is 4.90 Å². The summed E-state index contributed by atoms with van der Waals surface area (Å²) in [4.78, 5) is 12.1. The third-order valence-corrected chi connectivity index (χ3v) is 2.73. The van der Waals surface area contributed by atoms with Crippen molar-refractivity contribution in [3.8, 4) is 0 Å². The second-order valence-electron chi connectivity index (χ2n) is 3.79. The molecule has 0 N–H and O–H groups in total. The summed E-state index contributed by atoms with van der Waals surface area (Å²) < 4.78 is 25.9. The zero-order valence-corrected chi connectivity index (χ0v) is 8.12. The van der Waals surface area contributed by atoms with Crippen LogP contribution in [0.5, 0.6) is 0 Å². The lowest BCUT2D eigenvalue weighted by molar-refractivity contribution is -0.117. The zero-order chi connectivity index (χ0) is 10.8. The Balaban J connectivity index is 2.19. The van der Waals surface area contributed by atoms with Crippen molar-refractivity contribution >= 4 is 6.41 Å². The molecule has 1 amide bonds. The van der Waals surface area contributed by atoms with Gasteiger partial charge in [-0.25, -0.2) is 8.78 Å². The largest absolute Gasteiger partial charge is 0.345 e. The highest BCUT2D eigenvalue weighted by atomic mass is 19.1. The van der Waals surface area contributed by atoms with Gasteiger partial charge in [-0.3, -0.25) is 4.79 Å². The van der Waals surface area contributed by atoms with Gasteiger partial charge in [-0.15, -0.1) is 0 Å². The fraction of sp³-hybridized carbons (Fsp3) is 0.364. The van der Waals surface area contributed by atoms with Gasteiger partial charge >= 0.3 is 0 Å². The summed E-state index contributed by atoms with van der Waals surface area (Å²) in [5.74, 6) is -1.07. The van der Waals surface area contributed by atoms with Crippen molar-refractivity contribution in [2.75, 3.05) is 13.1 Å². The summed E-state index contributed by atoms with van der Waals surface area (Å²) in [7, 11) is 0. The van der Waals surface area contributed by atoms with Crippen LogP contribution in [0.1, 0.15) is 17.9 Å². The predicted molar refractivity (Wildman–Crippen MR) is 51.4 cm³/mol. The molecule has 1 aromatic carbocycles. The standard InChI is InChI=1S/C11H11F2NO/c12-10-3-9(4-11(13)5-10)8-1-2-14(6-8)7-15/h3-5,7-8H,1-2,6H2. The molecule has 0 radical (unpaired) electrons. The first-order chi connectivity index (χ1) is 7.19. The van der Waals surface area contributed by atoms with E-state index in [9.17, 15) is 13.6 Å². The fourth-order valence-electron chi connectivity index (χ4n) is 1.97. The van der Waals surface area contributed by atoms with E-state index in [1.807, 2.05) is 0 Å². The lowest BCUT2D eigenvalue weighted by Gasteiger charge is -2.11. The number of likely N-dealkylation sites (tertiary alicyclic amines) is 1. The average molecular weight is 211 g/mol. The highest BCUT2D eigenvalue weighted by molar-refractivity contribution is 5.48. The molecule has 1 heterocycles. The average Bonchev–Trinajstić information content (AvgIpc) is 2.64. The van der Waals surface area contributed by atoms with Crippen molar-refractivity contribution in [2.24, 2.45) is 0 Å². The van der Waals surface area contributed by atoms with Gasteiger partial charge in [0.2, 0.25) is 6.41 Å². The van der Waals surface area contributed by atoms with Crippen LogP contribution < -0.4 is 0 Å². The molecule has 1 aliphatic heterocycles.